The highest BCUT2D eigenvalue weighted by Gasteiger charge is 2.27. The molecular weight excluding hydrogens is 286 g/mol. The minimum atomic E-state index is -0.600. The van der Waals surface area contributed by atoms with Gasteiger partial charge < -0.3 is 5.32 Å². The molecule has 0 unspecified atom stereocenters. The Morgan fingerprint density at radius 1 is 1.27 bits per heavy atom. The molecule has 0 aliphatic rings. The summed E-state index contributed by atoms with van der Waals surface area (Å²) in [6.07, 6.45) is 1.84. The second kappa shape index (κ2) is 6.29. The van der Waals surface area contributed by atoms with E-state index in [9.17, 15) is 19.7 Å². The Hall–Kier alpha value is -2.18. The summed E-state index contributed by atoms with van der Waals surface area (Å²) in [7, 11) is 0. The zero-order valence-corrected chi connectivity index (χ0v) is 13.7. The van der Waals surface area contributed by atoms with Gasteiger partial charge in [-0.3, -0.25) is 24.3 Å². The number of carbonyl (C=O) groups excluding carboxylic acids is 1. The van der Waals surface area contributed by atoms with Gasteiger partial charge in [-0.1, -0.05) is 20.8 Å². The summed E-state index contributed by atoms with van der Waals surface area (Å²) in [6.45, 7) is 9.80. The normalized spacial score (nSPS) is 12.0. The maximum absolute atomic E-state index is 12.1. The molecule has 0 aliphatic heterocycles. The van der Waals surface area contributed by atoms with E-state index in [0.717, 1.165) is 29.3 Å². The average Bonchev–Trinajstić information content (AvgIpc) is 2.27. The molecule has 0 saturated carbocycles. The Kier molecular flexibility index (Phi) is 5.11. The molecule has 122 valence electrons. The van der Waals surface area contributed by atoms with Crippen molar-refractivity contribution in [3.63, 3.8) is 0 Å². The molecule has 22 heavy (non-hydrogen) atoms. The van der Waals surface area contributed by atoms with Crippen molar-refractivity contribution in [1.29, 1.82) is 0 Å². The molecule has 1 amide bonds. The number of aromatic nitrogens is 1. The first-order chi connectivity index (χ1) is 9.89. The first kappa shape index (κ1) is 17.9. The number of rotatable bonds is 5. The van der Waals surface area contributed by atoms with E-state index >= 15 is 0 Å². The van der Waals surface area contributed by atoms with E-state index in [1.54, 1.807) is 0 Å². The largest absolute Gasteiger partial charge is 0.350 e. The lowest BCUT2D eigenvalue weighted by Crippen LogP contribution is -2.47. The first-order valence-electron chi connectivity index (χ1n) is 7.06. The van der Waals surface area contributed by atoms with Gasteiger partial charge in [-0.05, 0) is 25.7 Å². The van der Waals surface area contributed by atoms with Crippen LogP contribution in [0.5, 0.6) is 0 Å². The van der Waals surface area contributed by atoms with Crippen molar-refractivity contribution in [3.05, 3.63) is 38.8 Å². The fraction of sp³-hybridized carbons (Fsp3) is 0.600. The van der Waals surface area contributed by atoms with Gasteiger partial charge in [-0.15, -0.1) is 0 Å². The van der Waals surface area contributed by atoms with Gasteiger partial charge in [0.25, 0.3) is 11.2 Å². The molecular formula is C15H23N3O4. The third kappa shape index (κ3) is 5.67. The second-order valence-electron chi connectivity index (χ2n) is 7.28. The SMILES string of the molecule is CC(C)(C)CC(C)(C)NC(=O)Cn1cc([N+](=O)[O-])ccc1=O. The minimum Gasteiger partial charge on any atom is -0.350 e. The van der Waals surface area contributed by atoms with Gasteiger partial charge in [-0.25, -0.2) is 0 Å². The van der Waals surface area contributed by atoms with Crippen LogP contribution in [0, 0.1) is 15.5 Å². The maximum Gasteiger partial charge on any atom is 0.285 e. The summed E-state index contributed by atoms with van der Waals surface area (Å²) in [5.74, 6) is -0.350. The van der Waals surface area contributed by atoms with Crippen LogP contribution in [0.3, 0.4) is 0 Å². The predicted octanol–water partition coefficient (Wildman–Crippen LogP) is 2.09. The molecule has 1 N–H and O–H groups in total. The third-order valence-electron chi connectivity index (χ3n) is 2.94. The van der Waals surface area contributed by atoms with Crippen LogP contribution in [-0.4, -0.2) is 20.9 Å². The van der Waals surface area contributed by atoms with Crippen LogP contribution in [0.4, 0.5) is 5.69 Å². The molecule has 0 atom stereocenters. The van der Waals surface area contributed by atoms with Crippen molar-refractivity contribution >= 4 is 11.6 Å². The van der Waals surface area contributed by atoms with Crippen LogP contribution < -0.4 is 10.9 Å². The first-order valence-corrected chi connectivity index (χ1v) is 7.06. The summed E-state index contributed by atoms with van der Waals surface area (Å²) in [5, 5.41) is 13.6. The fourth-order valence-electron chi connectivity index (χ4n) is 2.69. The molecule has 0 radical (unpaired) electrons. The maximum atomic E-state index is 12.1. The van der Waals surface area contributed by atoms with Crippen molar-refractivity contribution < 1.29 is 9.72 Å². The van der Waals surface area contributed by atoms with Crippen LogP contribution in [0.1, 0.15) is 41.0 Å². The van der Waals surface area contributed by atoms with Gasteiger partial charge in [0.15, 0.2) is 0 Å². The molecule has 0 bridgehead atoms. The topological polar surface area (TPSA) is 94.2 Å². The number of nitrogens with one attached hydrogen (secondary N) is 1. The zero-order chi connectivity index (χ0) is 17.1. The van der Waals surface area contributed by atoms with E-state index in [-0.39, 0.29) is 23.6 Å². The van der Waals surface area contributed by atoms with E-state index < -0.39 is 16.0 Å². The standard InChI is InChI=1S/C15H23N3O4/c1-14(2,3)10-15(4,5)16-12(19)9-17-8-11(18(21)22)6-7-13(17)20/h6-8H,9-10H2,1-5H3,(H,16,19). The molecule has 1 heterocycles. The second-order valence-corrected chi connectivity index (χ2v) is 7.28. The third-order valence-corrected chi connectivity index (χ3v) is 2.94. The molecule has 1 aromatic rings. The lowest BCUT2D eigenvalue weighted by atomic mass is 9.82. The molecule has 0 aromatic carbocycles. The molecule has 0 fully saturated rings. The lowest BCUT2D eigenvalue weighted by Gasteiger charge is -2.33. The Balaban J connectivity index is 2.83. The molecule has 0 saturated heterocycles. The Morgan fingerprint density at radius 3 is 2.36 bits per heavy atom. The van der Waals surface area contributed by atoms with Crippen molar-refractivity contribution in [2.24, 2.45) is 5.41 Å². The molecule has 7 nitrogen and oxygen atoms in total. The Morgan fingerprint density at radius 2 is 1.86 bits per heavy atom. The fourth-order valence-corrected chi connectivity index (χ4v) is 2.69. The summed E-state index contributed by atoms with van der Waals surface area (Å²) in [5.41, 5.74) is -1.06. The smallest absolute Gasteiger partial charge is 0.285 e. The number of amides is 1. The van der Waals surface area contributed by atoms with Gasteiger partial charge in [0.2, 0.25) is 5.91 Å². The monoisotopic (exact) mass is 309 g/mol. The molecule has 0 aliphatic carbocycles. The highest BCUT2D eigenvalue weighted by molar-refractivity contribution is 5.76. The molecule has 7 heteroatoms. The summed E-state index contributed by atoms with van der Waals surface area (Å²) < 4.78 is 1.04. The van der Waals surface area contributed by atoms with E-state index in [4.69, 9.17) is 0 Å². The number of hydrogen-bond donors (Lipinski definition) is 1. The van der Waals surface area contributed by atoms with E-state index in [1.807, 2.05) is 13.8 Å². The van der Waals surface area contributed by atoms with Crippen LogP contribution in [0.25, 0.3) is 0 Å². The highest BCUT2D eigenvalue weighted by Crippen LogP contribution is 2.26. The highest BCUT2D eigenvalue weighted by atomic mass is 16.6. The van der Waals surface area contributed by atoms with Gasteiger partial charge >= 0.3 is 0 Å². The molecule has 0 spiro atoms. The lowest BCUT2D eigenvalue weighted by molar-refractivity contribution is -0.385. The van der Waals surface area contributed by atoms with Crippen LogP contribution >= 0.6 is 0 Å². The van der Waals surface area contributed by atoms with Gasteiger partial charge in [-0.2, -0.15) is 0 Å². The zero-order valence-electron chi connectivity index (χ0n) is 13.7. The summed E-state index contributed by atoms with van der Waals surface area (Å²) in [4.78, 5) is 33.9. The Bertz CT molecular complexity index is 626. The summed E-state index contributed by atoms with van der Waals surface area (Å²) in [6, 6.07) is 2.21. The molecule has 1 aromatic heterocycles. The Labute approximate surface area is 129 Å². The van der Waals surface area contributed by atoms with Crippen LogP contribution in [0.2, 0.25) is 0 Å². The molecule has 1 rings (SSSR count). The number of hydrogen-bond acceptors (Lipinski definition) is 4. The van der Waals surface area contributed by atoms with Crippen molar-refractivity contribution in [3.8, 4) is 0 Å². The minimum absolute atomic E-state index is 0.0408. The van der Waals surface area contributed by atoms with Crippen LogP contribution in [-0.2, 0) is 11.3 Å². The summed E-state index contributed by atoms with van der Waals surface area (Å²) >= 11 is 0. The average molecular weight is 309 g/mol. The van der Waals surface area contributed by atoms with Gasteiger partial charge in [0.1, 0.15) is 6.54 Å². The quantitative estimate of drug-likeness (QED) is 0.665. The van der Waals surface area contributed by atoms with E-state index in [2.05, 4.69) is 26.1 Å². The van der Waals surface area contributed by atoms with Crippen LogP contribution in [0.15, 0.2) is 23.1 Å². The van der Waals surface area contributed by atoms with Gasteiger partial charge in [0.05, 0.1) is 11.1 Å². The number of pyridine rings is 1. The number of nitrogens with zero attached hydrogens (tertiary/aromatic N) is 2. The number of nitro groups is 1. The van der Waals surface area contributed by atoms with Crippen molar-refractivity contribution in [2.45, 2.75) is 53.1 Å². The van der Waals surface area contributed by atoms with E-state index in [0.29, 0.717) is 0 Å². The van der Waals surface area contributed by atoms with Crippen molar-refractivity contribution in [2.75, 3.05) is 0 Å². The van der Waals surface area contributed by atoms with E-state index in [1.165, 1.54) is 0 Å². The number of carbonyl (C=O) groups is 1. The van der Waals surface area contributed by atoms with Crippen molar-refractivity contribution in [1.82, 2.24) is 9.88 Å². The predicted molar refractivity (Wildman–Crippen MR) is 83.7 cm³/mol. The van der Waals surface area contributed by atoms with Gasteiger partial charge in [0, 0.05) is 17.7 Å².